The molecule has 0 radical (unpaired) electrons. The zero-order chi connectivity index (χ0) is 23.2. The molecule has 1 saturated carbocycles. The molecule has 2 unspecified atom stereocenters. The standard InChI is InChI=1S/C23H31ClFN7O/c1-23(2,22(33)30-14-5-6-14)32-7-3-4-15(12-32)29-21-18(25)11-28-20(31-21)17-10-27-19-16(17)8-13(24)9-26-19/h10-11,13-16H,3-9,12H2,1-2H3,(H,26,27)(H,30,33)(H,28,29,31)/t13?,15-,16?/m0/s1. The number of fused-ring (bicyclic) bond motifs is 1. The molecule has 4 heterocycles. The molecule has 1 saturated heterocycles. The molecule has 33 heavy (non-hydrogen) atoms. The van der Waals surface area contributed by atoms with Crippen LogP contribution in [0.5, 0.6) is 0 Å². The highest BCUT2D eigenvalue weighted by molar-refractivity contribution is 6.21. The summed E-state index contributed by atoms with van der Waals surface area (Å²) in [4.78, 5) is 28.2. The van der Waals surface area contributed by atoms with Crippen molar-refractivity contribution in [3.63, 3.8) is 0 Å². The van der Waals surface area contributed by atoms with Gasteiger partial charge in [-0.25, -0.2) is 14.4 Å². The molecule has 5 rings (SSSR count). The lowest BCUT2D eigenvalue weighted by atomic mass is 9.93. The van der Waals surface area contributed by atoms with E-state index in [4.69, 9.17) is 11.6 Å². The first-order chi connectivity index (χ1) is 15.8. The van der Waals surface area contributed by atoms with E-state index in [-0.39, 0.29) is 29.1 Å². The number of nitrogens with one attached hydrogen (secondary N) is 3. The highest BCUT2D eigenvalue weighted by Gasteiger charge is 2.40. The number of carbonyl (C=O) groups excluding carboxylic acids is 1. The first kappa shape index (κ1) is 22.5. The number of amides is 1. The highest BCUT2D eigenvalue weighted by Crippen LogP contribution is 2.34. The maximum absolute atomic E-state index is 14.7. The minimum atomic E-state index is -0.618. The summed E-state index contributed by atoms with van der Waals surface area (Å²) in [6, 6.07) is 0.311. The van der Waals surface area contributed by atoms with Crippen LogP contribution in [0.2, 0.25) is 0 Å². The van der Waals surface area contributed by atoms with Crippen molar-refractivity contribution in [2.45, 2.75) is 69.0 Å². The number of alkyl halides is 1. The van der Waals surface area contributed by atoms with E-state index in [0.717, 1.165) is 50.1 Å². The lowest BCUT2D eigenvalue weighted by molar-refractivity contribution is -0.132. The van der Waals surface area contributed by atoms with E-state index in [0.29, 0.717) is 25.0 Å². The Morgan fingerprint density at radius 1 is 1.30 bits per heavy atom. The number of carbonyl (C=O) groups is 1. The van der Waals surface area contributed by atoms with Crippen molar-refractivity contribution in [3.8, 4) is 0 Å². The molecule has 178 valence electrons. The number of rotatable bonds is 6. The predicted molar refractivity (Wildman–Crippen MR) is 127 cm³/mol. The fourth-order valence-electron chi connectivity index (χ4n) is 4.78. The Balaban J connectivity index is 1.29. The second-order valence-electron chi connectivity index (χ2n) is 9.98. The average molecular weight is 476 g/mol. The van der Waals surface area contributed by atoms with Crippen molar-refractivity contribution in [3.05, 3.63) is 24.0 Å². The van der Waals surface area contributed by atoms with Crippen molar-refractivity contribution >= 4 is 34.7 Å². The summed E-state index contributed by atoms with van der Waals surface area (Å²) in [5.74, 6) is 1.13. The molecule has 1 amide bonds. The third-order valence-corrected chi connectivity index (χ3v) is 7.37. The monoisotopic (exact) mass is 475 g/mol. The third-order valence-electron chi connectivity index (χ3n) is 7.06. The molecule has 0 aromatic carbocycles. The van der Waals surface area contributed by atoms with Crippen LogP contribution < -0.4 is 16.0 Å². The summed E-state index contributed by atoms with van der Waals surface area (Å²) in [6.45, 7) is 5.99. The number of aromatic nitrogens is 2. The minimum absolute atomic E-state index is 0.00973. The number of hydrogen-bond donors (Lipinski definition) is 3. The van der Waals surface area contributed by atoms with Gasteiger partial charge in [-0.05, 0) is 52.5 Å². The Kier molecular flexibility index (Phi) is 6.03. The summed E-state index contributed by atoms with van der Waals surface area (Å²) in [7, 11) is 0. The van der Waals surface area contributed by atoms with E-state index in [1.54, 1.807) is 0 Å². The van der Waals surface area contributed by atoms with E-state index in [9.17, 15) is 9.18 Å². The van der Waals surface area contributed by atoms with E-state index in [2.05, 4.69) is 35.8 Å². The van der Waals surface area contributed by atoms with Crippen LogP contribution in [0.4, 0.5) is 10.2 Å². The van der Waals surface area contributed by atoms with Crippen LogP contribution in [-0.2, 0) is 4.79 Å². The SMILES string of the molecule is CC(C)(C(=O)NC1CC1)N1CCC[C@H](Nc2nc(C3=CNC4=NCC(Cl)CC34)ncc2F)C1. The van der Waals surface area contributed by atoms with Crippen LogP contribution in [0, 0.1) is 11.7 Å². The second kappa shape index (κ2) is 8.83. The Hall–Kier alpha value is -2.26. The molecule has 4 aliphatic rings. The number of amidine groups is 1. The van der Waals surface area contributed by atoms with Gasteiger partial charge < -0.3 is 16.0 Å². The number of hydrogen-bond acceptors (Lipinski definition) is 7. The number of piperidine rings is 1. The summed E-state index contributed by atoms with van der Waals surface area (Å²) < 4.78 is 14.7. The van der Waals surface area contributed by atoms with Gasteiger partial charge in [0.25, 0.3) is 0 Å². The summed E-state index contributed by atoms with van der Waals surface area (Å²) in [5, 5.41) is 9.55. The Morgan fingerprint density at radius 2 is 2.12 bits per heavy atom. The fourth-order valence-corrected chi connectivity index (χ4v) is 5.03. The molecular formula is C23H31ClFN7O. The number of anilines is 1. The topological polar surface area (TPSA) is 94.5 Å². The number of aliphatic imine (C=N–C) groups is 1. The predicted octanol–water partition coefficient (Wildman–Crippen LogP) is 2.52. The average Bonchev–Trinajstić information content (AvgIpc) is 3.52. The summed E-state index contributed by atoms with van der Waals surface area (Å²) in [6.07, 6.45) is 7.74. The van der Waals surface area contributed by atoms with Gasteiger partial charge in [-0.15, -0.1) is 11.6 Å². The molecule has 1 aliphatic carbocycles. The molecule has 3 atom stereocenters. The molecule has 3 N–H and O–H groups in total. The minimum Gasteiger partial charge on any atom is -0.363 e. The van der Waals surface area contributed by atoms with Gasteiger partial charge in [-0.2, -0.15) is 0 Å². The summed E-state index contributed by atoms with van der Waals surface area (Å²) in [5.41, 5.74) is 0.262. The van der Waals surface area contributed by atoms with Gasteiger partial charge in [0.1, 0.15) is 5.84 Å². The van der Waals surface area contributed by atoms with Crippen LogP contribution >= 0.6 is 11.6 Å². The third kappa shape index (κ3) is 4.71. The molecule has 2 fully saturated rings. The van der Waals surface area contributed by atoms with Gasteiger partial charge >= 0.3 is 0 Å². The molecule has 8 nitrogen and oxygen atoms in total. The van der Waals surface area contributed by atoms with Gasteiger partial charge in [-0.1, -0.05) is 0 Å². The molecule has 1 aromatic rings. The number of halogens is 2. The molecule has 0 spiro atoms. The van der Waals surface area contributed by atoms with E-state index < -0.39 is 11.4 Å². The van der Waals surface area contributed by atoms with Crippen LogP contribution in [-0.4, -0.2) is 69.2 Å². The van der Waals surface area contributed by atoms with Gasteiger partial charge in [0.2, 0.25) is 5.91 Å². The van der Waals surface area contributed by atoms with Gasteiger partial charge in [0, 0.05) is 36.3 Å². The van der Waals surface area contributed by atoms with E-state index in [1.807, 2.05) is 20.0 Å². The number of nitrogens with zero attached hydrogens (tertiary/aromatic N) is 4. The largest absolute Gasteiger partial charge is 0.363 e. The van der Waals surface area contributed by atoms with Crippen LogP contribution in [0.3, 0.4) is 0 Å². The van der Waals surface area contributed by atoms with Crippen LogP contribution in [0.15, 0.2) is 17.4 Å². The zero-order valence-corrected chi connectivity index (χ0v) is 19.8. The molecule has 3 aliphatic heterocycles. The Bertz CT molecular complexity index is 993. The van der Waals surface area contributed by atoms with Crippen molar-refractivity contribution in [2.24, 2.45) is 10.9 Å². The first-order valence-electron chi connectivity index (χ1n) is 11.8. The Labute approximate surface area is 198 Å². The highest BCUT2D eigenvalue weighted by atomic mass is 35.5. The van der Waals surface area contributed by atoms with Crippen molar-refractivity contribution in [1.29, 1.82) is 0 Å². The van der Waals surface area contributed by atoms with E-state index >= 15 is 0 Å². The molecular weight excluding hydrogens is 445 g/mol. The summed E-state index contributed by atoms with van der Waals surface area (Å²) >= 11 is 6.32. The van der Waals surface area contributed by atoms with Crippen molar-refractivity contribution in [1.82, 2.24) is 25.5 Å². The van der Waals surface area contributed by atoms with Crippen molar-refractivity contribution in [2.75, 3.05) is 25.0 Å². The smallest absolute Gasteiger partial charge is 0.240 e. The zero-order valence-electron chi connectivity index (χ0n) is 19.1. The maximum Gasteiger partial charge on any atom is 0.240 e. The van der Waals surface area contributed by atoms with E-state index in [1.165, 1.54) is 6.20 Å². The van der Waals surface area contributed by atoms with Crippen LogP contribution in [0.1, 0.15) is 51.8 Å². The molecule has 0 bridgehead atoms. The van der Waals surface area contributed by atoms with Crippen LogP contribution in [0.25, 0.3) is 5.57 Å². The van der Waals surface area contributed by atoms with Crippen molar-refractivity contribution < 1.29 is 9.18 Å². The van der Waals surface area contributed by atoms with Gasteiger partial charge in [0.05, 0.1) is 23.7 Å². The maximum atomic E-state index is 14.7. The second-order valence-corrected chi connectivity index (χ2v) is 10.6. The lowest BCUT2D eigenvalue weighted by Gasteiger charge is -2.42. The Morgan fingerprint density at radius 3 is 2.91 bits per heavy atom. The van der Waals surface area contributed by atoms with Gasteiger partial charge in [0.15, 0.2) is 17.5 Å². The quantitative estimate of drug-likeness (QED) is 0.547. The molecule has 10 heteroatoms. The normalized spacial score (nSPS) is 27.8. The molecule has 1 aromatic heterocycles. The first-order valence-corrected chi connectivity index (χ1v) is 12.3. The number of likely N-dealkylation sites (tertiary alicyclic amines) is 1. The van der Waals surface area contributed by atoms with Gasteiger partial charge in [-0.3, -0.25) is 14.7 Å². The fraction of sp³-hybridized carbons (Fsp3) is 0.652. The lowest BCUT2D eigenvalue weighted by Crippen LogP contribution is -2.59.